The number of ether oxygens (including phenoxy) is 1. The fraction of sp³-hybridized carbons (Fsp3) is 0.429. The maximum absolute atomic E-state index is 12.8. The first-order chi connectivity index (χ1) is 11.7. The SMILES string of the molecule is O=C(O)OC1=NOC2(CCN(S(=O)(=O)c3cc(Cl)ccc3Cl)CC2)C1. The van der Waals surface area contributed by atoms with Gasteiger partial charge in [0.2, 0.25) is 15.9 Å². The van der Waals surface area contributed by atoms with Crippen LogP contribution in [0.4, 0.5) is 4.79 Å². The molecular weight excluding hydrogens is 395 g/mol. The summed E-state index contributed by atoms with van der Waals surface area (Å²) in [6.07, 6.45) is -0.582. The van der Waals surface area contributed by atoms with Crippen LogP contribution in [-0.2, 0) is 19.6 Å². The van der Waals surface area contributed by atoms with Gasteiger partial charge in [-0.2, -0.15) is 4.31 Å². The Hall–Kier alpha value is -1.55. The standard InChI is InChI=1S/C14H14Cl2N2O6S/c15-9-1-2-10(16)11(7-9)25(21,22)18-5-3-14(4-6-18)8-12(17-24-14)23-13(19)20/h1-2,7H,3-6,8H2,(H,19,20). The fourth-order valence-electron chi connectivity index (χ4n) is 2.86. The number of carboxylic acid groups (broad SMARTS) is 1. The normalized spacial score (nSPS) is 20.2. The van der Waals surface area contributed by atoms with Gasteiger partial charge in [-0.1, -0.05) is 28.4 Å². The van der Waals surface area contributed by atoms with Gasteiger partial charge in [0.05, 0.1) is 11.4 Å². The van der Waals surface area contributed by atoms with E-state index in [9.17, 15) is 13.2 Å². The molecule has 1 saturated heterocycles. The molecule has 1 fully saturated rings. The van der Waals surface area contributed by atoms with Crippen molar-refractivity contribution in [3.05, 3.63) is 28.2 Å². The zero-order valence-electron chi connectivity index (χ0n) is 12.8. The second kappa shape index (κ2) is 6.64. The van der Waals surface area contributed by atoms with Crippen molar-refractivity contribution in [1.82, 2.24) is 4.31 Å². The summed E-state index contributed by atoms with van der Waals surface area (Å²) in [5.74, 6) is -0.0262. The van der Waals surface area contributed by atoms with E-state index in [2.05, 4.69) is 9.89 Å². The maximum Gasteiger partial charge on any atom is 0.512 e. The Labute approximate surface area is 153 Å². The predicted molar refractivity (Wildman–Crippen MR) is 89.4 cm³/mol. The van der Waals surface area contributed by atoms with Crippen LogP contribution >= 0.6 is 23.2 Å². The van der Waals surface area contributed by atoms with E-state index >= 15 is 0 Å². The third kappa shape index (κ3) is 3.69. The molecule has 0 radical (unpaired) electrons. The molecule has 0 amide bonds. The molecule has 8 nitrogen and oxygen atoms in total. The molecule has 25 heavy (non-hydrogen) atoms. The molecule has 0 atom stereocenters. The molecule has 0 unspecified atom stereocenters. The number of benzene rings is 1. The number of hydrogen-bond acceptors (Lipinski definition) is 6. The highest BCUT2D eigenvalue weighted by molar-refractivity contribution is 7.89. The van der Waals surface area contributed by atoms with E-state index < -0.39 is 21.8 Å². The molecule has 0 aromatic heterocycles. The highest BCUT2D eigenvalue weighted by Crippen LogP contribution is 2.37. The number of oxime groups is 1. The third-order valence-corrected chi connectivity index (χ3v) is 6.78. The van der Waals surface area contributed by atoms with Crippen LogP contribution in [0.15, 0.2) is 28.3 Å². The predicted octanol–water partition coefficient (Wildman–Crippen LogP) is 2.95. The molecule has 11 heteroatoms. The van der Waals surface area contributed by atoms with E-state index in [0.717, 1.165) is 0 Å². The minimum Gasteiger partial charge on any atom is -0.449 e. The van der Waals surface area contributed by atoms with E-state index in [-0.39, 0.29) is 40.3 Å². The van der Waals surface area contributed by atoms with Crippen LogP contribution < -0.4 is 0 Å². The molecule has 136 valence electrons. The Morgan fingerprint density at radius 2 is 2.00 bits per heavy atom. The molecule has 0 bridgehead atoms. The van der Waals surface area contributed by atoms with Gasteiger partial charge >= 0.3 is 6.16 Å². The minimum absolute atomic E-state index is 0.0262. The van der Waals surface area contributed by atoms with Gasteiger partial charge in [0, 0.05) is 31.0 Å². The lowest BCUT2D eigenvalue weighted by molar-refractivity contribution is -0.0506. The van der Waals surface area contributed by atoms with Crippen molar-refractivity contribution >= 4 is 45.3 Å². The molecule has 2 heterocycles. The summed E-state index contributed by atoms with van der Waals surface area (Å²) in [5.41, 5.74) is -0.741. The largest absolute Gasteiger partial charge is 0.512 e. The van der Waals surface area contributed by atoms with Gasteiger partial charge in [0.1, 0.15) is 10.5 Å². The first-order valence-electron chi connectivity index (χ1n) is 7.33. The molecule has 1 aromatic carbocycles. The van der Waals surface area contributed by atoms with Gasteiger partial charge in [-0.3, -0.25) is 0 Å². The zero-order chi connectivity index (χ0) is 18.2. The van der Waals surface area contributed by atoms with Gasteiger partial charge in [-0.25, -0.2) is 13.2 Å². The Morgan fingerprint density at radius 1 is 1.32 bits per heavy atom. The second-order valence-corrected chi connectivity index (χ2v) is 8.53. The molecule has 2 aliphatic heterocycles. The van der Waals surface area contributed by atoms with E-state index in [1.54, 1.807) is 0 Å². The number of hydrogen-bond donors (Lipinski definition) is 1. The van der Waals surface area contributed by atoms with Crippen molar-refractivity contribution in [1.29, 1.82) is 0 Å². The number of carbonyl (C=O) groups is 1. The number of halogens is 2. The summed E-state index contributed by atoms with van der Waals surface area (Å²) in [5, 5.41) is 12.6. The lowest BCUT2D eigenvalue weighted by Gasteiger charge is -2.36. The Balaban J connectivity index is 1.70. The van der Waals surface area contributed by atoms with Gasteiger partial charge in [0.25, 0.3) is 0 Å². The molecular formula is C14H14Cl2N2O6S. The van der Waals surface area contributed by atoms with Crippen molar-refractivity contribution in [3.63, 3.8) is 0 Å². The topological polar surface area (TPSA) is 106 Å². The zero-order valence-corrected chi connectivity index (χ0v) is 15.1. The van der Waals surface area contributed by atoms with Crippen molar-refractivity contribution in [2.24, 2.45) is 5.16 Å². The molecule has 0 aliphatic carbocycles. The summed E-state index contributed by atoms with van der Waals surface area (Å²) >= 11 is 11.9. The Bertz CT molecular complexity index is 834. The third-order valence-electron chi connectivity index (χ3n) is 4.16. The van der Waals surface area contributed by atoms with Crippen LogP contribution in [0.1, 0.15) is 19.3 Å². The van der Waals surface area contributed by atoms with Gasteiger partial charge in [-0.05, 0) is 18.2 Å². The van der Waals surface area contributed by atoms with Crippen LogP contribution in [0.2, 0.25) is 10.0 Å². The first kappa shape index (κ1) is 18.2. The van der Waals surface area contributed by atoms with Gasteiger partial charge < -0.3 is 14.7 Å². The quantitative estimate of drug-likeness (QED) is 0.753. The highest BCUT2D eigenvalue weighted by atomic mass is 35.5. The molecule has 1 aromatic rings. The average molecular weight is 409 g/mol. The average Bonchev–Trinajstić information content (AvgIpc) is 2.91. The van der Waals surface area contributed by atoms with Crippen LogP contribution in [0.3, 0.4) is 0 Å². The Morgan fingerprint density at radius 3 is 2.64 bits per heavy atom. The number of rotatable bonds is 2. The summed E-state index contributed by atoms with van der Waals surface area (Å²) in [6, 6.07) is 4.27. The molecule has 2 aliphatic rings. The molecule has 0 saturated carbocycles. The number of nitrogens with zero attached hydrogens (tertiary/aromatic N) is 2. The summed E-state index contributed by atoms with van der Waals surface area (Å²) < 4.78 is 31.4. The van der Waals surface area contributed by atoms with Crippen molar-refractivity contribution < 1.29 is 27.9 Å². The van der Waals surface area contributed by atoms with Gasteiger partial charge in [-0.15, -0.1) is 0 Å². The van der Waals surface area contributed by atoms with Crippen LogP contribution in [0, 0.1) is 0 Å². The van der Waals surface area contributed by atoms with E-state index in [4.69, 9.17) is 33.1 Å². The summed E-state index contributed by atoms with van der Waals surface area (Å²) in [7, 11) is -3.80. The first-order valence-corrected chi connectivity index (χ1v) is 9.52. The van der Waals surface area contributed by atoms with Gasteiger partial charge in [0.15, 0.2) is 0 Å². The van der Waals surface area contributed by atoms with E-state index in [0.29, 0.717) is 12.8 Å². The van der Waals surface area contributed by atoms with Crippen LogP contribution in [-0.4, -0.2) is 48.6 Å². The van der Waals surface area contributed by atoms with Crippen molar-refractivity contribution in [3.8, 4) is 0 Å². The second-order valence-electron chi connectivity index (χ2n) is 5.78. The van der Waals surface area contributed by atoms with Crippen molar-refractivity contribution in [2.75, 3.05) is 13.1 Å². The summed E-state index contributed by atoms with van der Waals surface area (Å²) in [6.45, 7) is 0.363. The van der Waals surface area contributed by atoms with Crippen LogP contribution in [0.25, 0.3) is 0 Å². The fourth-order valence-corrected chi connectivity index (χ4v) is 5.04. The van der Waals surface area contributed by atoms with Crippen LogP contribution in [0.5, 0.6) is 0 Å². The maximum atomic E-state index is 12.8. The molecule has 3 rings (SSSR count). The summed E-state index contributed by atoms with van der Waals surface area (Å²) in [4.78, 5) is 15.8. The molecule has 1 N–H and O–H groups in total. The minimum atomic E-state index is -3.80. The Kier molecular flexibility index (Phi) is 4.84. The lowest BCUT2D eigenvalue weighted by atomic mass is 9.89. The van der Waals surface area contributed by atoms with E-state index in [1.807, 2.05) is 0 Å². The highest BCUT2D eigenvalue weighted by Gasteiger charge is 2.45. The van der Waals surface area contributed by atoms with Crippen molar-refractivity contribution in [2.45, 2.75) is 29.8 Å². The molecule has 1 spiro atoms. The monoisotopic (exact) mass is 408 g/mol. The number of piperidine rings is 1. The lowest BCUT2D eigenvalue weighted by Crippen LogP contribution is -2.46. The number of sulfonamides is 1. The van der Waals surface area contributed by atoms with E-state index in [1.165, 1.54) is 22.5 Å². The smallest absolute Gasteiger partial charge is 0.449 e.